The molecule has 2 aromatic carbocycles. The summed E-state index contributed by atoms with van der Waals surface area (Å²) in [4.78, 5) is 40.0. The Morgan fingerprint density at radius 1 is 0.828 bits per heavy atom. The minimum absolute atomic E-state index is 0.0216. The fourth-order valence-corrected chi connectivity index (χ4v) is 3.42. The van der Waals surface area contributed by atoms with E-state index in [2.05, 4.69) is 12.2 Å². The van der Waals surface area contributed by atoms with E-state index in [1.165, 1.54) is 12.5 Å². The summed E-state index contributed by atoms with van der Waals surface area (Å²) in [5.41, 5.74) is 3.52. The molecule has 6 heteroatoms. The van der Waals surface area contributed by atoms with Gasteiger partial charge in [-0.05, 0) is 41.8 Å². The molecule has 6 nitrogen and oxygen atoms in total. The Morgan fingerprint density at radius 3 is 1.93 bits per heavy atom. The Labute approximate surface area is 171 Å². The van der Waals surface area contributed by atoms with Crippen molar-refractivity contribution in [1.29, 1.82) is 0 Å². The van der Waals surface area contributed by atoms with Crippen molar-refractivity contribution in [3.63, 3.8) is 0 Å². The summed E-state index contributed by atoms with van der Waals surface area (Å²) in [5, 5.41) is 2.71. The molecule has 0 aliphatic carbocycles. The summed E-state index contributed by atoms with van der Waals surface area (Å²) >= 11 is 0. The molecule has 152 valence electrons. The van der Waals surface area contributed by atoms with Gasteiger partial charge >= 0.3 is 0 Å². The number of rotatable bonds is 5. The van der Waals surface area contributed by atoms with Crippen LogP contribution in [0.15, 0.2) is 48.5 Å². The molecule has 0 saturated carbocycles. The van der Waals surface area contributed by atoms with E-state index in [9.17, 15) is 14.4 Å². The van der Waals surface area contributed by atoms with Crippen LogP contribution in [-0.4, -0.2) is 53.7 Å². The summed E-state index contributed by atoms with van der Waals surface area (Å²) in [5.74, 6) is -0.0486. The standard InChI is InChI=1S/C23H27N3O3/c1-3-18-4-8-20(9-5-18)23(29)26-14-12-25(13-15-26)22(28)16-19-6-10-21(11-7-19)24-17(2)27/h4-11H,3,12-16H2,1-2H3,(H,24,27). The van der Waals surface area contributed by atoms with Crippen LogP contribution in [0.2, 0.25) is 0 Å². The fourth-order valence-electron chi connectivity index (χ4n) is 3.42. The first kappa shape index (κ1) is 20.6. The second kappa shape index (κ2) is 9.37. The Balaban J connectivity index is 1.51. The molecule has 3 rings (SSSR count). The van der Waals surface area contributed by atoms with Gasteiger partial charge < -0.3 is 15.1 Å². The van der Waals surface area contributed by atoms with Gasteiger partial charge in [-0.1, -0.05) is 31.2 Å². The SMILES string of the molecule is CCc1ccc(C(=O)N2CCN(C(=O)Cc3ccc(NC(C)=O)cc3)CC2)cc1. The van der Waals surface area contributed by atoms with Crippen molar-refractivity contribution in [1.82, 2.24) is 9.80 Å². The van der Waals surface area contributed by atoms with Crippen molar-refractivity contribution in [3.05, 3.63) is 65.2 Å². The number of nitrogens with one attached hydrogen (secondary N) is 1. The highest BCUT2D eigenvalue weighted by atomic mass is 16.2. The van der Waals surface area contributed by atoms with Gasteiger partial charge in [0.15, 0.2) is 0 Å². The van der Waals surface area contributed by atoms with Crippen molar-refractivity contribution in [2.24, 2.45) is 0 Å². The Hall–Kier alpha value is -3.15. The summed E-state index contributed by atoms with van der Waals surface area (Å²) in [6.45, 7) is 5.72. The third-order valence-electron chi connectivity index (χ3n) is 5.16. The molecule has 1 N–H and O–H groups in total. The van der Waals surface area contributed by atoms with Crippen LogP contribution in [0.25, 0.3) is 0 Å². The molecule has 29 heavy (non-hydrogen) atoms. The molecule has 1 fully saturated rings. The van der Waals surface area contributed by atoms with Crippen LogP contribution >= 0.6 is 0 Å². The first-order valence-corrected chi connectivity index (χ1v) is 9.98. The highest BCUT2D eigenvalue weighted by Gasteiger charge is 2.24. The van der Waals surface area contributed by atoms with Gasteiger partial charge in [-0.25, -0.2) is 0 Å². The number of aryl methyl sites for hydroxylation is 1. The van der Waals surface area contributed by atoms with E-state index >= 15 is 0 Å². The lowest BCUT2D eigenvalue weighted by Crippen LogP contribution is -2.51. The molecular weight excluding hydrogens is 366 g/mol. The number of piperazine rings is 1. The number of amides is 3. The van der Waals surface area contributed by atoms with Crippen LogP contribution in [-0.2, 0) is 22.4 Å². The largest absolute Gasteiger partial charge is 0.339 e. The summed E-state index contributed by atoms with van der Waals surface area (Å²) < 4.78 is 0. The van der Waals surface area contributed by atoms with Crippen LogP contribution in [0.1, 0.15) is 35.3 Å². The average Bonchev–Trinajstić information content (AvgIpc) is 2.74. The second-order valence-corrected chi connectivity index (χ2v) is 7.28. The Morgan fingerprint density at radius 2 is 1.38 bits per heavy atom. The zero-order valence-corrected chi connectivity index (χ0v) is 17.0. The fraction of sp³-hybridized carbons (Fsp3) is 0.348. The topological polar surface area (TPSA) is 69.7 Å². The lowest BCUT2D eigenvalue weighted by molar-refractivity contribution is -0.131. The minimum Gasteiger partial charge on any atom is -0.339 e. The number of carbonyl (C=O) groups is 3. The molecule has 0 spiro atoms. The Bertz CT molecular complexity index is 867. The van der Waals surface area contributed by atoms with Gasteiger partial charge in [-0.2, -0.15) is 0 Å². The number of nitrogens with zero attached hydrogens (tertiary/aromatic N) is 2. The molecule has 0 atom stereocenters. The Kier molecular flexibility index (Phi) is 6.65. The van der Waals surface area contributed by atoms with Crippen molar-refractivity contribution < 1.29 is 14.4 Å². The first-order valence-electron chi connectivity index (χ1n) is 9.98. The number of hydrogen-bond donors (Lipinski definition) is 1. The molecular formula is C23H27N3O3. The van der Waals surface area contributed by atoms with Crippen LogP contribution in [0.4, 0.5) is 5.69 Å². The summed E-state index contributed by atoms with van der Waals surface area (Å²) in [7, 11) is 0. The zero-order valence-electron chi connectivity index (χ0n) is 17.0. The predicted molar refractivity (Wildman–Crippen MR) is 113 cm³/mol. The van der Waals surface area contributed by atoms with Crippen LogP contribution < -0.4 is 5.32 Å². The van der Waals surface area contributed by atoms with Gasteiger partial charge in [0.05, 0.1) is 6.42 Å². The van der Waals surface area contributed by atoms with Crippen molar-refractivity contribution in [2.45, 2.75) is 26.7 Å². The second-order valence-electron chi connectivity index (χ2n) is 7.28. The lowest BCUT2D eigenvalue weighted by Gasteiger charge is -2.35. The molecule has 0 unspecified atom stereocenters. The smallest absolute Gasteiger partial charge is 0.253 e. The quantitative estimate of drug-likeness (QED) is 0.849. The monoisotopic (exact) mass is 393 g/mol. The molecule has 0 bridgehead atoms. The summed E-state index contributed by atoms with van der Waals surface area (Å²) in [6.07, 6.45) is 1.26. The molecule has 0 radical (unpaired) electrons. The third kappa shape index (κ3) is 5.44. The zero-order chi connectivity index (χ0) is 20.8. The van der Waals surface area contributed by atoms with Crippen molar-refractivity contribution >= 4 is 23.4 Å². The predicted octanol–water partition coefficient (Wildman–Crippen LogP) is 2.73. The molecule has 3 amide bonds. The summed E-state index contributed by atoms with van der Waals surface area (Å²) in [6, 6.07) is 15.0. The van der Waals surface area contributed by atoms with Crippen molar-refractivity contribution in [2.75, 3.05) is 31.5 Å². The van der Waals surface area contributed by atoms with E-state index in [4.69, 9.17) is 0 Å². The maximum Gasteiger partial charge on any atom is 0.253 e. The van der Waals surface area contributed by atoms with Gasteiger partial charge in [0.2, 0.25) is 11.8 Å². The van der Waals surface area contributed by atoms with Crippen LogP contribution in [0.5, 0.6) is 0 Å². The molecule has 1 aliphatic heterocycles. The third-order valence-corrected chi connectivity index (χ3v) is 5.16. The van der Waals surface area contributed by atoms with E-state index in [1.807, 2.05) is 46.2 Å². The highest BCUT2D eigenvalue weighted by molar-refractivity contribution is 5.94. The van der Waals surface area contributed by atoms with E-state index in [-0.39, 0.29) is 17.7 Å². The van der Waals surface area contributed by atoms with Gasteiger partial charge in [-0.3, -0.25) is 14.4 Å². The number of anilines is 1. The normalized spacial score (nSPS) is 13.9. The molecule has 0 aromatic heterocycles. The van der Waals surface area contributed by atoms with Gasteiger partial charge in [0, 0.05) is 44.4 Å². The van der Waals surface area contributed by atoms with E-state index in [0.29, 0.717) is 43.9 Å². The first-order chi connectivity index (χ1) is 14.0. The molecule has 1 heterocycles. The lowest BCUT2D eigenvalue weighted by atomic mass is 10.1. The number of hydrogen-bond acceptors (Lipinski definition) is 3. The average molecular weight is 393 g/mol. The maximum absolute atomic E-state index is 12.7. The van der Waals surface area contributed by atoms with Crippen LogP contribution in [0.3, 0.4) is 0 Å². The van der Waals surface area contributed by atoms with Crippen molar-refractivity contribution in [3.8, 4) is 0 Å². The minimum atomic E-state index is -0.123. The van der Waals surface area contributed by atoms with Crippen LogP contribution in [0, 0.1) is 0 Å². The molecule has 2 aromatic rings. The van der Waals surface area contributed by atoms with Gasteiger partial charge in [0.1, 0.15) is 0 Å². The molecule has 1 saturated heterocycles. The van der Waals surface area contributed by atoms with Gasteiger partial charge in [0.25, 0.3) is 5.91 Å². The maximum atomic E-state index is 12.7. The van der Waals surface area contributed by atoms with Gasteiger partial charge in [-0.15, -0.1) is 0 Å². The van der Waals surface area contributed by atoms with E-state index in [0.717, 1.165) is 12.0 Å². The molecule has 1 aliphatic rings. The van der Waals surface area contributed by atoms with E-state index in [1.54, 1.807) is 12.1 Å². The number of carbonyl (C=O) groups excluding carboxylic acids is 3. The highest BCUT2D eigenvalue weighted by Crippen LogP contribution is 2.14. The number of benzene rings is 2. The van der Waals surface area contributed by atoms with E-state index < -0.39 is 0 Å².